The zero-order chi connectivity index (χ0) is 9.23. The summed E-state index contributed by atoms with van der Waals surface area (Å²) in [4.78, 5) is 14.7. The number of aliphatic imine (C=N–C) groups is 1. The molecule has 0 aliphatic heterocycles. The van der Waals surface area contributed by atoms with Crippen LogP contribution in [0.2, 0.25) is 0 Å². The first-order chi connectivity index (χ1) is 5.81. The van der Waals surface area contributed by atoms with Crippen molar-refractivity contribution in [2.75, 3.05) is 18.6 Å². The molecule has 0 amide bonds. The zero-order valence-corrected chi connectivity index (χ0v) is 8.84. The first-order valence-electron chi connectivity index (χ1n) is 3.85. The molecule has 0 fully saturated rings. The van der Waals surface area contributed by atoms with E-state index in [-0.39, 0.29) is 5.78 Å². The van der Waals surface area contributed by atoms with Crippen LogP contribution >= 0.6 is 24.0 Å². The fourth-order valence-electron chi connectivity index (χ4n) is 0.765. The highest BCUT2D eigenvalue weighted by Gasteiger charge is 1.99. The highest BCUT2D eigenvalue weighted by molar-refractivity contribution is 7.98. The Morgan fingerprint density at radius 2 is 2.33 bits per heavy atom. The van der Waals surface area contributed by atoms with Crippen molar-refractivity contribution in [3.05, 3.63) is 0 Å². The van der Waals surface area contributed by atoms with Gasteiger partial charge in [0.25, 0.3) is 0 Å². The quantitative estimate of drug-likeness (QED) is 0.361. The number of carbonyl (C=O) groups excluding carboxylic acids is 1. The third-order valence-electron chi connectivity index (χ3n) is 1.37. The molecule has 12 heavy (non-hydrogen) atoms. The standard InChI is InChI=1S/C8H13NOS2/c1-12-6-2-3-8(10)4-5-9-7-11/h2-6H2,1H3. The average molecular weight is 203 g/mol. The van der Waals surface area contributed by atoms with Crippen molar-refractivity contribution in [1.82, 2.24) is 0 Å². The maximum absolute atomic E-state index is 11.1. The molecule has 0 unspecified atom stereocenters. The van der Waals surface area contributed by atoms with E-state index in [1.54, 1.807) is 11.8 Å². The topological polar surface area (TPSA) is 29.4 Å². The van der Waals surface area contributed by atoms with E-state index in [0.29, 0.717) is 19.4 Å². The van der Waals surface area contributed by atoms with Crippen LogP contribution in [0.1, 0.15) is 19.3 Å². The molecule has 0 bridgehead atoms. The van der Waals surface area contributed by atoms with Gasteiger partial charge in [-0.1, -0.05) is 0 Å². The van der Waals surface area contributed by atoms with Gasteiger partial charge < -0.3 is 0 Å². The molecule has 0 heterocycles. The van der Waals surface area contributed by atoms with Crippen molar-refractivity contribution >= 4 is 34.9 Å². The second-order valence-corrected chi connectivity index (χ2v) is 3.53. The number of nitrogens with zero attached hydrogens (tertiary/aromatic N) is 1. The number of rotatable bonds is 7. The van der Waals surface area contributed by atoms with E-state index in [1.165, 1.54) is 0 Å². The van der Waals surface area contributed by atoms with Gasteiger partial charge in [-0.05, 0) is 30.6 Å². The summed E-state index contributed by atoms with van der Waals surface area (Å²) in [7, 11) is 0. The van der Waals surface area contributed by atoms with E-state index in [0.717, 1.165) is 12.2 Å². The van der Waals surface area contributed by atoms with Gasteiger partial charge in [-0.25, -0.2) is 4.99 Å². The molecular formula is C8H13NOS2. The Bertz CT molecular complexity index is 176. The predicted molar refractivity (Wildman–Crippen MR) is 57.1 cm³/mol. The molecule has 0 aliphatic carbocycles. The second-order valence-electron chi connectivity index (χ2n) is 2.36. The molecular weight excluding hydrogens is 190 g/mol. The van der Waals surface area contributed by atoms with E-state index >= 15 is 0 Å². The monoisotopic (exact) mass is 203 g/mol. The molecule has 0 saturated heterocycles. The minimum Gasteiger partial charge on any atom is -0.300 e. The maximum Gasteiger partial charge on any atom is 0.134 e. The van der Waals surface area contributed by atoms with Crippen LogP contribution in [-0.4, -0.2) is 29.5 Å². The molecule has 0 atom stereocenters. The predicted octanol–water partition coefficient (Wildman–Crippen LogP) is 2.19. The number of Topliss-reactive ketones (excluding diaryl/α,β-unsaturated/α-hetero) is 1. The van der Waals surface area contributed by atoms with Gasteiger partial charge in [0.15, 0.2) is 0 Å². The third-order valence-corrected chi connectivity index (χ3v) is 2.20. The molecule has 0 rings (SSSR count). The molecule has 0 spiro atoms. The molecule has 0 N–H and O–H groups in total. The molecule has 0 aromatic carbocycles. The summed E-state index contributed by atoms with van der Waals surface area (Å²) in [5.74, 6) is 1.33. The lowest BCUT2D eigenvalue weighted by Gasteiger charge is -1.96. The summed E-state index contributed by atoms with van der Waals surface area (Å²) < 4.78 is 0. The van der Waals surface area contributed by atoms with Gasteiger partial charge in [0.05, 0.1) is 11.7 Å². The van der Waals surface area contributed by atoms with Crippen molar-refractivity contribution in [1.29, 1.82) is 0 Å². The van der Waals surface area contributed by atoms with Crippen molar-refractivity contribution in [2.24, 2.45) is 4.99 Å². The van der Waals surface area contributed by atoms with Crippen molar-refractivity contribution in [2.45, 2.75) is 19.3 Å². The number of isothiocyanates is 1. The molecule has 2 nitrogen and oxygen atoms in total. The van der Waals surface area contributed by atoms with Crippen molar-refractivity contribution < 1.29 is 4.79 Å². The molecule has 0 aromatic heterocycles. The van der Waals surface area contributed by atoms with Gasteiger partial charge in [0, 0.05) is 12.8 Å². The van der Waals surface area contributed by atoms with E-state index in [1.807, 2.05) is 6.26 Å². The van der Waals surface area contributed by atoms with Crippen LogP contribution in [0.5, 0.6) is 0 Å². The highest BCUT2D eigenvalue weighted by atomic mass is 32.2. The number of hydrogen-bond acceptors (Lipinski definition) is 4. The third kappa shape index (κ3) is 7.92. The molecule has 0 aromatic rings. The summed E-state index contributed by atoms with van der Waals surface area (Å²) in [6.07, 6.45) is 4.20. The van der Waals surface area contributed by atoms with E-state index in [9.17, 15) is 4.79 Å². The van der Waals surface area contributed by atoms with E-state index in [2.05, 4.69) is 22.4 Å². The molecule has 4 heteroatoms. The SMILES string of the molecule is CSCCCC(=O)CCN=C=S. The second kappa shape index (κ2) is 8.91. The average Bonchev–Trinajstić information content (AvgIpc) is 2.06. The molecule has 0 aliphatic rings. The lowest BCUT2D eigenvalue weighted by molar-refractivity contribution is -0.118. The van der Waals surface area contributed by atoms with Crippen molar-refractivity contribution in [3.8, 4) is 0 Å². The van der Waals surface area contributed by atoms with Gasteiger partial charge in [0.2, 0.25) is 0 Å². The number of ketones is 1. The van der Waals surface area contributed by atoms with Gasteiger partial charge in [0.1, 0.15) is 5.78 Å². The van der Waals surface area contributed by atoms with Crippen LogP contribution in [0.15, 0.2) is 4.99 Å². The van der Waals surface area contributed by atoms with Crippen LogP contribution in [0.4, 0.5) is 0 Å². The largest absolute Gasteiger partial charge is 0.300 e. The first-order valence-corrected chi connectivity index (χ1v) is 5.65. The van der Waals surface area contributed by atoms with Gasteiger partial charge in [-0.3, -0.25) is 4.79 Å². The lowest BCUT2D eigenvalue weighted by atomic mass is 10.2. The van der Waals surface area contributed by atoms with Crippen LogP contribution in [0.25, 0.3) is 0 Å². The van der Waals surface area contributed by atoms with E-state index < -0.39 is 0 Å². The number of thioether (sulfide) groups is 1. The van der Waals surface area contributed by atoms with Gasteiger partial charge in [-0.15, -0.1) is 0 Å². The van der Waals surface area contributed by atoms with Crippen LogP contribution in [-0.2, 0) is 4.79 Å². The summed E-state index contributed by atoms with van der Waals surface area (Å²) in [6, 6.07) is 0. The zero-order valence-electron chi connectivity index (χ0n) is 7.21. The number of carbonyl (C=O) groups is 1. The minimum absolute atomic E-state index is 0.276. The smallest absolute Gasteiger partial charge is 0.134 e. The van der Waals surface area contributed by atoms with Crippen LogP contribution in [0, 0.1) is 0 Å². The molecule has 68 valence electrons. The molecule has 0 radical (unpaired) electrons. The van der Waals surface area contributed by atoms with Crippen LogP contribution in [0.3, 0.4) is 0 Å². The Balaban J connectivity index is 3.27. The number of hydrogen-bond donors (Lipinski definition) is 0. The number of thiocarbonyl (C=S) groups is 1. The van der Waals surface area contributed by atoms with Gasteiger partial charge >= 0.3 is 0 Å². The Hall–Kier alpha value is -0.180. The summed E-state index contributed by atoms with van der Waals surface area (Å²) in [6.45, 7) is 0.502. The molecule has 0 saturated carbocycles. The summed E-state index contributed by atoms with van der Waals surface area (Å²) in [5, 5.41) is 2.24. The summed E-state index contributed by atoms with van der Waals surface area (Å²) >= 11 is 6.15. The summed E-state index contributed by atoms with van der Waals surface area (Å²) in [5.41, 5.74) is 0. The Kier molecular flexibility index (Phi) is 8.78. The van der Waals surface area contributed by atoms with Crippen molar-refractivity contribution in [3.63, 3.8) is 0 Å². The lowest BCUT2D eigenvalue weighted by Crippen LogP contribution is -2.00. The minimum atomic E-state index is 0.276. The normalized spacial score (nSPS) is 9.08. The highest BCUT2D eigenvalue weighted by Crippen LogP contribution is 2.01. The first kappa shape index (κ1) is 11.8. The van der Waals surface area contributed by atoms with Crippen LogP contribution < -0.4 is 0 Å². The van der Waals surface area contributed by atoms with Gasteiger partial charge in [-0.2, -0.15) is 11.8 Å². The maximum atomic E-state index is 11.1. The fraction of sp³-hybridized carbons (Fsp3) is 0.750. The Morgan fingerprint density at radius 1 is 1.58 bits per heavy atom. The van der Waals surface area contributed by atoms with E-state index in [4.69, 9.17) is 0 Å². The Morgan fingerprint density at radius 3 is 2.92 bits per heavy atom. The Labute approximate surface area is 82.8 Å². The fourth-order valence-corrected chi connectivity index (χ4v) is 1.29.